The second kappa shape index (κ2) is 10.7. The van der Waals surface area contributed by atoms with Gasteiger partial charge in [0.15, 0.2) is 5.76 Å². The molecule has 35 heavy (non-hydrogen) atoms. The summed E-state index contributed by atoms with van der Waals surface area (Å²) in [7, 11) is 1.53. The summed E-state index contributed by atoms with van der Waals surface area (Å²) in [6.45, 7) is 6.19. The molecule has 1 aromatic heterocycles. The molecule has 1 aliphatic rings. The summed E-state index contributed by atoms with van der Waals surface area (Å²) < 4.78 is 10.8. The summed E-state index contributed by atoms with van der Waals surface area (Å²) in [6.07, 6.45) is 1.63. The number of aliphatic hydroxyl groups excluding tert-OH is 1. The first-order chi connectivity index (χ1) is 17.0. The zero-order valence-electron chi connectivity index (χ0n) is 19.6. The number of Topliss-reactive ketones (excluding diaryl/α,β-unsaturated/α-hetero) is 1. The first kappa shape index (κ1) is 24.4. The van der Waals surface area contributed by atoms with Crippen molar-refractivity contribution in [3.63, 3.8) is 0 Å². The molecule has 1 amide bonds. The molecule has 1 unspecified atom stereocenters. The quantitative estimate of drug-likeness (QED) is 0.321. The Balaban J connectivity index is 1.77. The molecule has 4 rings (SSSR count). The van der Waals surface area contributed by atoms with Gasteiger partial charge < -0.3 is 19.5 Å². The average Bonchev–Trinajstić information content (AvgIpc) is 3.39. The second-order valence-corrected chi connectivity index (χ2v) is 8.96. The van der Waals surface area contributed by atoms with Gasteiger partial charge in [0.2, 0.25) is 5.78 Å². The van der Waals surface area contributed by atoms with Crippen LogP contribution in [0.25, 0.3) is 10.6 Å². The van der Waals surface area contributed by atoms with Crippen LogP contribution < -0.4 is 4.74 Å². The van der Waals surface area contributed by atoms with E-state index in [0.717, 1.165) is 5.56 Å². The summed E-state index contributed by atoms with van der Waals surface area (Å²) in [5.41, 5.74) is 2.11. The third-order valence-corrected chi connectivity index (χ3v) is 6.86. The van der Waals surface area contributed by atoms with E-state index in [1.807, 2.05) is 30.3 Å². The number of ketones is 1. The number of ether oxygens (including phenoxy) is 2. The van der Waals surface area contributed by atoms with Gasteiger partial charge in [-0.15, -0.1) is 11.3 Å². The van der Waals surface area contributed by atoms with Gasteiger partial charge >= 0.3 is 0 Å². The smallest absolute Gasteiger partial charge is 0.290 e. The molecule has 8 heteroatoms. The molecular formula is C27H26N2O5S. The minimum Gasteiger partial charge on any atom is -0.503 e. The number of methoxy groups -OCH3 is 1. The minimum absolute atomic E-state index is 0.0262. The van der Waals surface area contributed by atoms with Crippen molar-refractivity contribution in [3.8, 4) is 16.3 Å². The Bertz CT molecular complexity index is 1280. The van der Waals surface area contributed by atoms with Crippen LogP contribution in [0.15, 0.2) is 78.6 Å². The van der Waals surface area contributed by atoms with Crippen LogP contribution in [0.1, 0.15) is 27.0 Å². The number of aryl methyl sites for hydroxylation is 1. The van der Waals surface area contributed by atoms with Gasteiger partial charge in [-0.25, -0.2) is 4.98 Å². The number of nitrogens with zero attached hydrogens (tertiary/aromatic N) is 2. The van der Waals surface area contributed by atoms with Crippen molar-refractivity contribution in [1.82, 2.24) is 9.88 Å². The molecule has 0 bridgehead atoms. The van der Waals surface area contributed by atoms with Crippen molar-refractivity contribution >= 4 is 23.0 Å². The van der Waals surface area contributed by atoms with E-state index in [1.54, 1.807) is 37.3 Å². The summed E-state index contributed by atoms with van der Waals surface area (Å²) in [5, 5.41) is 11.6. The molecule has 0 radical (unpaired) electrons. The van der Waals surface area contributed by atoms with Gasteiger partial charge in [-0.3, -0.25) is 9.59 Å². The average molecular weight is 491 g/mol. The van der Waals surface area contributed by atoms with Gasteiger partial charge in [0.25, 0.3) is 5.91 Å². The molecule has 1 aliphatic heterocycles. The number of thiazole rings is 1. The molecule has 1 atom stereocenters. The van der Waals surface area contributed by atoms with Gasteiger partial charge in [0.05, 0.1) is 28.8 Å². The maximum absolute atomic E-state index is 13.8. The van der Waals surface area contributed by atoms with Crippen LogP contribution in [-0.4, -0.2) is 53.5 Å². The zero-order chi connectivity index (χ0) is 24.9. The van der Waals surface area contributed by atoms with Crippen molar-refractivity contribution in [2.24, 2.45) is 0 Å². The maximum Gasteiger partial charge on any atom is 0.290 e. The van der Waals surface area contributed by atoms with Gasteiger partial charge in [-0.1, -0.05) is 55.1 Å². The highest BCUT2D eigenvalue weighted by Gasteiger charge is 2.44. The number of carbonyl (C=O) groups is 2. The van der Waals surface area contributed by atoms with Crippen molar-refractivity contribution in [3.05, 3.63) is 94.7 Å². The van der Waals surface area contributed by atoms with Crippen molar-refractivity contribution in [2.75, 3.05) is 26.9 Å². The highest BCUT2D eigenvalue weighted by Crippen LogP contribution is 2.41. The van der Waals surface area contributed by atoms with Crippen molar-refractivity contribution in [2.45, 2.75) is 13.0 Å². The number of hydrogen-bond donors (Lipinski definition) is 1. The molecular weight excluding hydrogens is 464 g/mol. The number of aromatic nitrogens is 1. The van der Waals surface area contributed by atoms with Gasteiger partial charge in [-0.2, -0.15) is 0 Å². The van der Waals surface area contributed by atoms with Crippen LogP contribution in [0.2, 0.25) is 0 Å². The van der Waals surface area contributed by atoms with Gasteiger partial charge in [-0.05, 0) is 24.6 Å². The lowest BCUT2D eigenvalue weighted by Gasteiger charge is -2.26. The Morgan fingerprint density at radius 3 is 2.71 bits per heavy atom. The number of rotatable bonds is 10. The van der Waals surface area contributed by atoms with Crippen LogP contribution in [0.3, 0.4) is 0 Å². The molecule has 0 saturated heterocycles. The molecule has 0 saturated carbocycles. The molecule has 3 aromatic rings. The topological polar surface area (TPSA) is 89.0 Å². The Kier molecular flexibility index (Phi) is 7.43. The van der Waals surface area contributed by atoms with E-state index in [4.69, 9.17) is 9.47 Å². The maximum atomic E-state index is 13.8. The largest absolute Gasteiger partial charge is 0.503 e. The molecule has 180 valence electrons. The summed E-state index contributed by atoms with van der Waals surface area (Å²) in [6, 6.07) is 15.9. The number of hydrogen-bond acceptors (Lipinski definition) is 7. The fourth-order valence-electron chi connectivity index (χ4n) is 4.02. The number of amides is 1. The zero-order valence-corrected chi connectivity index (χ0v) is 20.4. The fourth-order valence-corrected chi connectivity index (χ4v) is 5.04. The Labute approximate surface area is 208 Å². The monoisotopic (exact) mass is 490 g/mol. The molecule has 0 aliphatic carbocycles. The van der Waals surface area contributed by atoms with Crippen molar-refractivity contribution < 1.29 is 24.2 Å². The van der Waals surface area contributed by atoms with Crippen LogP contribution >= 0.6 is 11.3 Å². The first-order valence-electron chi connectivity index (χ1n) is 11.1. The molecule has 0 spiro atoms. The van der Waals surface area contributed by atoms with Gasteiger partial charge in [0, 0.05) is 19.2 Å². The standard InChI is InChI=1S/C27H26N2O5S/c1-4-14-34-20-12-8-11-19(16-20)22-21(24(31)27(32)29(22)13-15-33-3)23(30)25-17(2)28-26(35-25)18-9-6-5-7-10-18/h4-12,16,22,31H,1,13-15H2,2-3H3. The van der Waals surface area contributed by atoms with Crippen LogP contribution in [-0.2, 0) is 9.53 Å². The molecule has 0 fully saturated rings. The molecule has 1 N–H and O–H groups in total. The highest BCUT2D eigenvalue weighted by atomic mass is 32.1. The summed E-state index contributed by atoms with van der Waals surface area (Å²) >= 11 is 1.25. The molecule has 2 heterocycles. The van der Waals surface area contributed by atoms with E-state index in [2.05, 4.69) is 11.6 Å². The first-order valence-corrected chi connectivity index (χ1v) is 11.9. The van der Waals surface area contributed by atoms with E-state index in [-0.39, 0.29) is 18.7 Å². The predicted molar refractivity (Wildman–Crippen MR) is 135 cm³/mol. The minimum atomic E-state index is -0.792. The Morgan fingerprint density at radius 2 is 2.00 bits per heavy atom. The molecule has 7 nitrogen and oxygen atoms in total. The summed E-state index contributed by atoms with van der Waals surface area (Å²) in [5.74, 6) is -1.02. The van der Waals surface area contributed by atoms with E-state index in [9.17, 15) is 14.7 Å². The third-order valence-electron chi connectivity index (χ3n) is 5.65. The number of carbonyl (C=O) groups excluding carboxylic acids is 2. The Hall–Kier alpha value is -3.75. The van der Waals surface area contributed by atoms with E-state index < -0.39 is 23.5 Å². The Morgan fingerprint density at radius 1 is 1.23 bits per heavy atom. The molecule has 2 aromatic carbocycles. The highest BCUT2D eigenvalue weighted by molar-refractivity contribution is 7.17. The number of aliphatic hydroxyl groups is 1. The normalized spacial score (nSPS) is 15.5. The lowest BCUT2D eigenvalue weighted by molar-refractivity contribution is -0.130. The SMILES string of the molecule is C=CCOc1cccc(C2C(C(=O)c3sc(-c4ccccc4)nc3C)=C(O)C(=O)N2CCOC)c1. The van der Waals surface area contributed by atoms with Crippen LogP contribution in [0.5, 0.6) is 5.75 Å². The number of benzene rings is 2. The third kappa shape index (κ3) is 4.89. The lowest BCUT2D eigenvalue weighted by atomic mass is 9.95. The van der Waals surface area contributed by atoms with Crippen molar-refractivity contribution in [1.29, 1.82) is 0 Å². The second-order valence-electron chi connectivity index (χ2n) is 7.96. The lowest BCUT2D eigenvalue weighted by Crippen LogP contribution is -2.34. The fraction of sp³-hybridized carbons (Fsp3) is 0.222. The predicted octanol–water partition coefficient (Wildman–Crippen LogP) is 4.91. The van der Waals surface area contributed by atoms with Crippen LogP contribution in [0, 0.1) is 6.92 Å². The van der Waals surface area contributed by atoms with Crippen LogP contribution in [0.4, 0.5) is 0 Å². The van der Waals surface area contributed by atoms with Gasteiger partial charge in [0.1, 0.15) is 17.4 Å². The summed E-state index contributed by atoms with van der Waals surface area (Å²) in [4.78, 5) is 33.3. The van der Waals surface area contributed by atoms with E-state index in [1.165, 1.54) is 23.3 Å². The van der Waals surface area contributed by atoms with E-state index >= 15 is 0 Å². The van der Waals surface area contributed by atoms with E-state index in [0.29, 0.717) is 33.5 Å².